The van der Waals surface area contributed by atoms with E-state index in [1.165, 1.54) is 6.42 Å². The molecule has 2 fully saturated rings. The van der Waals surface area contributed by atoms with Crippen LogP contribution < -0.4 is 0 Å². The first kappa shape index (κ1) is 23.2. The van der Waals surface area contributed by atoms with Crippen molar-refractivity contribution in [2.45, 2.75) is 57.2 Å². The van der Waals surface area contributed by atoms with Gasteiger partial charge in [0.15, 0.2) is 11.6 Å². The molecule has 35 heavy (non-hydrogen) atoms. The number of aromatic amines is 1. The van der Waals surface area contributed by atoms with Crippen molar-refractivity contribution >= 4 is 5.91 Å². The Hall–Kier alpha value is -3.57. The number of carbonyl (C=O) groups is 1. The van der Waals surface area contributed by atoms with Crippen LogP contribution in [0.25, 0.3) is 11.4 Å². The van der Waals surface area contributed by atoms with Gasteiger partial charge in [-0.25, -0.2) is 9.37 Å². The monoisotopic (exact) mass is 473 g/mol. The number of aromatic nitrogens is 3. The van der Waals surface area contributed by atoms with Crippen LogP contribution in [0.1, 0.15) is 76.5 Å². The Labute approximate surface area is 203 Å². The van der Waals surface area contributed by atoms with Crippen LogP contribution in [-0.2, 0) is 12.3 Å². The number of carbonyl (C=O) groups excluding carboxylic acids is 1. The third-order valence-electron chi connectivity index (χ3n) is 7.47. The summed E-state index contributed by atoms with van der Waals surface area (Å²) in [6.45, 7) is 2.32. The molecule has 1 aliphatic carbocycles. The number of rotatable bonds is 5. The molecule has 0 atom stereocenters. The summed E-state index contributed by atoms with van der Waals surface area (Å²) in [5, 5.41) is 25.4. The smallest absolute Gasteiger partial charge is 0.254 e. The number of amides is 1. The average molecular weight is 474 g/mol. The van der Waals surface area contributed by atoms with Gasteiger partial charge in [0, 0.05) is 37.1 Å². The van der Waals surface area contributed by atoms with E-state index < -0.39 is 5.67 Å². The third kappa shape index (κ3) is 4.32. The zero-order chi connectivity index (χ0) is 24.6. The number of halogens is 1. The Morgan fingerprint density at radius 2 is 1.97 bits per heavy atom. The first-order chi connectivity index (χ1) is 16.9. The number of nitrogens with zero attached hydrogens (tertiary/aromatic N) is 4. The lowest BCUT2D eigenvalue weighted by atomic mass is 9.77. The summed E-state index contributed by atoms with van der Waals surface area (Å²) in [5.74, 6) is 1.15. The summed E-state index contributed by atoms with van der Waals surface area (Å²) in [5.41, 5.74) is 2.95. The largest absolute Gasteiger partial charge is 0.388 e. The van der Waals surface area contributed by atoms with Gasteiger partial charge in [0.25, 0.3) is 5.91 Å². The second-order valence-electron chi connectivity index (χ2n) is 9.59. The van der Waals surface area contributed by atoms with E-state index in [2.05, 4.69) is 27.3 Å². The fraction of sp³-hybridized carbons (Fsp3) is 0.407. The van der Waals surface area contributed by atoms with Gasteiger partial charge >= 0.3 is 0 Å². The lowest BCUT2D eigenvalue weighted by Crippen LogP contribution is -2.43. The van der Waals surface area contributed by atoms with Crippen LogP contribution in [0, 0.1) is 18.3 Å². The van der Waals surface area contributed by atoms with Gasteiger partial charge in [-0.15, -0.1) is 0 Å². The van der Waals surface area contributed by atoms with E-state index in [0.29, 0.717) is 47.3 Å². The van der Waals surface area contributed by atoms with Gasteiger partial charge in [-0.05, 0) is 60.6 Å². The molecule has 8 heteroatoms. The van der Waals surface area contributed by atoms with E-state index in [9.17, 15) is 9.90 Å². The molecule has 1 amide bonds. The number of piperidine rings is 1. The Kier molecular flexibility index (Phi) is 6.12. The van der Waals surface area contributed by atoms with Crippen LogP contribution in [0.4, 0.5) is 4.39 Å². The number of nitriles is 1. The van der Waals surface area contributed by atoms with Gasteiger partial charge in [-0.2, -0.15) is 10.4 Å². The molecule has 2 aliphatic rings. The summed E-state index contributed by atoms with van der Waals surface area (Å²) >= 11 is 0. The Morgan fingerprint density at radius 3 is 2.54 bits per heavy atom. The normalized spacial score (nSPS) is 17.6. The lowest BCUT2D eigenvalue weighted by molar-refractivity contribution is 0.0421. The average Bonchev–Trinajstić information content (AvgIpc) is 3.32. The van der Waals surface area contributed by atoms with Gasteiger partial charge in [-0.3, -0.25) is 9.89 Å². The molecule has 0 radical (unpaired) electrons. The molecule has 0 spiro atoms. The summed E-state index contributed by atoms with van der Waals surface area (Å²) in [6, 6.07) is 12.6. The molecule has 3 aromatic rings. The first-order valence-corrected chi connectivity index (χ1v) is 12.1. The minimum Gasteiger partial charge on any atom is -0.388 e. The number of aliphatic hydroxyl groups excluding tert-OH is 1. The number of alkyl halides is 1. The number of benzene rings is 2. The standard InChI is InChI=1S/C27H28FN5O2/c1-17-13-22(19-3-2-4-19)23(25-30-24(16-34)31-32-25)14-21(17)26(35)33-11-9-27(28,10-12-33)20-7-5-18(15-29)6-8-20/h5-8,13-14,19,34H,2-4,9-12,16H2,1H3,(H,30,31,32). The third-order valence-corrected chi connectivity index (χ3v) is 7.47. The van der Waals surface area contributed by atoms with Gasteiger partial charge in [0.05, 0.1) is 11.6 Å². The van der Waals surface area contributed by atoms with E-state index in [-0.39, 0.29) is 25.4 Å². The minimum atomic E-state index is -1.52. The van der Waals surface area contributed by atoms with E-state index in [4.69, 9.17) is 5.26 Å². The first-order valence-electron chi connectivity index (χ1n) is 12.1. The zero-order valence-corrected chi connectivity index (χ0v) is 19.7. The molecule has 1 saturated carbocycles. The maximum absolute atomic E-state index is 15.7. The maximum Gasteiger partial charge on any atom is 0.254 e. The van der Waals surface area contributed by atoms with Crippen LogP contribution in [-0.4, -0.2) is 44.2 Å². The van der Waals surface area contributed by atoms with E-state index in [1.807, 2.05) is 13.0 Å². The van der Waals surface area contributed by atoms with E-state index >= 15 is 4.39 Å². The molecule has 0 unspecified atom stereocenters. The predicted molar refractivity (Wildman–Crippen MR) is 128 cm³/mol. The Bertz CT molecular complexity index is 1280. The fourth-order valence-corrected chi connectivity index (χ4v) is 5.06. The number of nitrogens with one attached hydrogen (secondary N) is 1. The van der Waals surface area contributed by atoms with Crippen LogP contribution >= 0.6 is 0 Å². The van der Waals surface area contributed by atoms with E-state index in [0.717, 1.165) is 29.5 Å². The highest BCUT2D eigenvalue weighted by Gasteiger charge is 2.38. The lowest BCUT2D eigenvalue weighted by Gasteiger charge is -2.37. The second-order valence-corrected chi connectivity index (χ2v) is 9.59. The molecule has 180 valence electrons. The summed E-state index contributed by atoms with van der Waals surface area (Å²) in [6.07, 6.45) is 3.78. The highest BCUT2D eigenvalue weighted by molar-refractivity contribution is 5.97. The fourth-order valence-electron chi connectivity index (χ4n) is 5.06. The molecular weight excluding hydrogens is 445 g/mol. The van der Waals surface area contributed by atoms with Gasteiger partial charge in [0.1, 0.15) is 12.3 Å². The molecule has 2 aromatic carbocycles. The van der Waals surface area contributed by atoms with Crippen molar-refractivity contribution in [3.05, 3.63) is 70.0 Å². The van der Waals surface area contributed by atoms with Crippen molar-refractivity contribution in [2.75, 3.05) is 13.1 Å². The van der Waals surface area contributed by atoms with Crippen LogP contribution in [0.2, 0.25) is 0 Å². The van der Waals surface area contributed by atoms with Gasteiger partial charge in [0.2, 0.25) is 0 Å². The summed E-state index contributed by atoms with van der Waals surface area (Å²) < 4.78 is 15.7. The van der Waals surface area contributed by atoms with E-state index in [1.54, 1.807) is 29.2 Å². The van der Waals surface area contributed by atoms with Crippen molar-refractivity contribution < 1.29 is 14.3 Å². The van der Waals surface area contributed by atoms with Crippen molar-refractivity contribution in [1.82, 2.24) is 20.1 Å². The molecule has 5 rings (SSSR count). The molecule has 2 N–H and O–H groups in total. The molecule has 1 aliphatic heterocycles. The maximum atomic E-state index is 15.7. The van der Waals surface area contributed by atoms with Crippen molar-refractivity contribution in [3.8, 4) is 17.5 Å². The van der Waals surface area contributed by atoms with Crippen LogP contribution in [0.15, 0.2) is 36.4 Å². The number of aryl methyl sites for hydroxylation is 1. The molecule has 1 saturated heterocycles. The number of aliphatic hydroxyl groups is 1. The minimum absolute atomic E-state index is 0.122. The summed E-state index contributed by atoms with van der Waals surface area (Å²) in [7, 11) is 0. The molecule has 7 nitrogen and oxygen atoms in total. The molecular formula is C27H28FN5O2. The van der Waals surface area contributed by atoms with Crippen LogP contribution in [0.3, 0.4) is 0 Å². The predicted octanol–water partition coefficient (Wildman–Crippen LogP) is 4.51. The number of likely N-dealkylation sites (tertiary alicyclic amines) is 1. The highest BCUT2D eigenvalue weighted by atomic mass is 19.1. The SMILES string of the molecule is Cc1cc(C2CCC2)c(-c2n[nH]c(CO)n2)cc1C(=O)N1CCC(F)(c2ccc(C#N)cc2)CC1. The Morgan fingerprint density at radius 1 is 1.26 bits per heavy atom. The quantitative estimate of drug-likeness (QED) is 0.567. The summed E-state index contributed by atoms with van der Waals surface area (Å²) in [4.78, 5) is 19.7. The van der Waals surface area contributed by atoms with Crippen molar-refractivity contribution in [3.63, 3.8) is 0 Å². The second kappa shape index (κ2) is 9.23. The Balaban J connectivity index is 1.39. The number of hydrogen-bond donors (Lipinski definition) is 2. The van der Waals surface area contributed by atoms with Gasteiger partial charge in [-0.1, -0.05) is 24.6 Å². The van der Waals surface area contributed by atoms with Crippen LogP contribution in [0.5, 0.6) is 0 Å². The molecule has 1 aromatic heterocycles. The topological polar surface area (TPSA) is 106 Å². The molecule has 0 bridgehead atoms. The van der Waals surface area contributed by atoms with Gasteiger partial charge < -0.3 is 10.0 Å². The highest BCUT2D eigenvalue weighted by Crippen LogP contribution is 2.42. The number of hydrogen-bond acceptors (Lipinski definition) is 5. The van der Waals surface area contributed by atoms with Crippen molar-refractivity contribution in [2.24, 2.45) is 0 Å². The number of H-pyrrole nitrogens is 1. The molecule has 2 heterocycles. The van der Waals surface area contributed by atoms with Crippen molar-refractivity contribution in [1.29, 1.82) is 5.26 Å². The zero-order valence-electron chi connectivity index (χ0n) is 19.7.